The normalized spacial score (nSPS) is 35.8. The zero-order chi connectivity index (χ0) is 12.9. The van der Waals surface area contributed by atoms with E-state index in [1.54, 1.807) is 0 Å². The number of piperidine rings is 1. The first-order valence-corrected chi connectivity index (χ1v) is 7.07. The second-order valence-corrected chi connectivity index (χ2v) is 6.52. The average molecular weight is 249 g/mol. The highest BCUT2D eigenvalue weighted by Crippen LogP contribution is 2.52. The van der Waals surface area contributed by atoms with Crippen LogP contribution in [0.1, 0.15) is 51.8 Å². The third-order valence-corrected chi connectivity index (χ3v) is 4.56. The Balaban J connectivity index is 1.82. The van der Waals surface area contributed by atoms with Crippen molar-refractivity contribution >= 4 is 0 Å². The average Bonchev–Trinajstić information content (AvgIpc) is 2.61. The lowest BCUT2D eigenvalue weighted by atomic mass is 9.62. The summed E-state index contributed by atoms with van der Waals surface area (Å²) in [7, 11) is 0. The van der Waals surface area contributed by atoms with E-state index in [0.29, 0.717) is 11.9 Å². The van der Waals surface area contributed by atoms with E-state index in [1.165, 1.54) is 19.3 Å². The van der Waals surface area contributed by atoms with E-state index >= 15 is 0 Å². The maximum atomic E-state index is 5.59. The smallest absolute Gasteiger partial charge is 0.218 e. The molecule has 3 fully saturated rings. The molecule has 3 atom stereocenters. The predicted octanol–water partition coefficient (Wildman–Crippen LogP) is 2.57. The molecule has 3 heterocycles. The molecule has 18 heavy (non-hydrogen) atoms. The minimum atomic E-state index is 0.287. The van der Waals surface area contributed by atoms with Crippen LogP contribution in [0.2, 0.25) is 0 Å². The molecule has 1 aromatic heterocycles. The molecule has 2 aliphatic heterocycles. The van der Waals surface area contributed by atoms with E-state index < -0.39 is 0 Å². The first-order chi connectivity index (χ1) is 8.50. The van der Waals surface area contributed by atoms with Crippen molar-refractivity contribution in [3.63, 3.8) is 0 Å². The Labute approximate surface area is 109 Å². The van der Waals surface area contributed by atoms with Crippen LogP contribution in [0, 0.1) is 12.8 Å². The molecule has 4 nitrogen and oxygen atoms in total. The molecular weight excluding hydrogens is 226 g/mol. The summed E-state index contributed by atoms with van der Waals surface area (Å²) in [6, 6.07) is 1.39. The van der Waals surface area contributed by atoms with Crippen molar-refractivity contribution in [2.24, 2.45) is 5.92 Å². The van der Waals surface area contributed by atoms with E-state index in [1.807, 2.05) is 6.92 Å². The third kappa shape index (κ3) is 1.78. The van der Waals surface area contributed by atoms with Crippen LogP contribution in [0.4, 0.5) is 0 Å². The Hall–Kier alpha value is -0.900. The Morgan fingerprint density at radius 1 is 1.39 bits per heavy atom. The van der Waals surface area contributed by atoms with Crippen molar-refractivity contribution in [1.82, 2.24) is 15.1 Å². The molecule has 3 aliphatic rings. The van der Waals surface area contributed by atoms with Crippen molar-refractivity contribution in [3.8, 4) is 0 Å². The SMILES string of the molecule is Cc1nnc(CC23CC(C)CC(C2)N3C(C)C)o1. The van der Waals surface area contributed by atoms with Crippen LogP contribution >= 0.6 is 0 Å². The fourth-order valence-corrected chi connectivity index (χ4v) is 4.39. The molecule has 0 aromatic carbocycles. The third-order valence-electron chi connectivity index (χ3n) is 4.56. The second kappa shape index (κ2) is 4.05. The molecule has 4 heteroatoms. The van der Waals surface area contributed by atoms with Gasteiger partial charge in [-0.05, 0) is 39.0 Å². The Morgan fingerprint density at radius 2 is 2.17 bits per heavy atom. The van der Waals surface area contributed by atoms with Gasteiger partial charge in [0.25, 0.3) is 0 Å². The molecule has 1 saturated carbocycles. The van der Waals surface area contributed by atoms with Gasteiger partial charge in [0.2, 0.25) is 11.8 Å². The Kier molecular flexibility index (Phi) is 2.73. The fraction of sp³-hybridized carbons (Fsp3) is 0.857. The van der Waals surface area contributed by atoms with Gasteiger partial charge in [-0.25, -0.2) is 0 Å². The van der Waals surface area contributed by atoms with Crippen molar-refractivity contribution in [2.45, 2.75) is 71.0 Å². The molecule has 3 unspecified atom stereocenters. The van der Waals surface area contributed by atoms with Crippen molar-refractivity contribution in [3.05, 3.63) is 11.8 Å². The van der Waals surface area contributed by atoms with Gasteiger partial charge < -0.3 is 4.42 Å². The van der Waals surface area contributed by atoms with Gasteiger partial charge in [0.1, 0.15) is 0 Å². The van der Waals surface area contributed by atoms with Crippen molar-refractivity contribution in [1.29, 1.82) is 0 Å². The lowest BCUT2D eigenvalue weighted by Gasteiger charge is -2.65. The van der Waals surface area contributed by atoms with Crippen LogP contribution in [0.3, 0.4) is 0 Å². The quantitative estimate of drug-likeness (QED) is 0.825. The van der Waals surface area contributed by atoms with E-state index in [2.05, 4.69) is 35.9 Å². The molecular formula is C14H23N3O. The zero-order valence-electron chi connectivity index (χ0n) is 11.8. The summed E-state index contributed by atoms with van der Waals surface area (Å²) in [4.78, 5) is 2.69. The molecule has 1 aromatic rings. The summed E-state index contributed by atoms with van der Waals surface area (Å²) in [6.07, 6.45) is 4.84. The summed E-state index contributed by atoms with van der Waals surface area (Å²) in [6.45, 7) is 8.84. The van der Waals surface area contributed by atoms with Crippen LogP contribution in [0.5, 0.6) is 0 Å². The zero-order valence-corrected chi connectivity index (χ0v) is 11.8. The van der Waals surface area contributed by atoms with Crippen LogP contribution in [-0.4, -0.2) is 32.7 Å². The maximum absolute atomic E-state index is 5.59. The molecule has 0 N–H and O–H groups in total. The van der Waals surface area contributed by atoms with Gasteiger partial charge >= 0.3 is 0 Å². The highest BCUT2D eigenvalue weighted by Gasteiger charge is 2.57. The molecule has 0 radical (unpaired) electrons. The van der Waals surface area contributed by atoms with Crippen molar-refractivity contribution in [2.75, 3.05) is 0 Å². The van der Waals surface area contributed by atoms with Gasteiger partial charge in [-0.3, -0.25) is 4.90 Å². The number of fused-ring (bicyclic) bond motifs is 2. The number of hydrogen-bond donors (Lipinski definition) is 0. The number of nitrogens with zero attached hydrogens (tertiary/aromatic N) is 3. The van der Waals surface area contributed by atoms with Crippen molar-refractivity contribution < 1.29 is 4.42 Å². The van der Waals surface area contributed by atoms with Gasteiger partial charge in [0.05, 0.1) is 0 Å². The van der Waals surface area contributed by atoms with E-state index in [4.69, 9.17) is 4.42 Å². The maximum Gasteiger partial charge on any atom is 0.218 e. The van der Waals surface area contributed by atoms with Gasteiger partial charge in [0.15, 0.2) is 0 Å². The van der Waals surface area contributed by atoms with Gasteiger partial charge in [0, 0.05) is 31.0 Å². The highest BCUT2D eigenvalue weighted by atomic mass is 16.4. The van der Waals surface area contributed by atoms with E-state index in [-0.39, 0.29) is 5.54 Å². The molecule has 0 spiro atoms. The largest absolute Gasteiger partial charge is 0.426 e. The van der Waals surface area contributed by atoms with Crippen LogP contribution in [-0.2, 0) is 6.42 Å². The molecule has 2 bridgehead atoms. The minimum Gasteiger partial charge on any atom is -0.426 e. The minimum absolute atomic E-state index is 0.287. The lowest BCUT2D eigenvalue weighted by molar-refractivity contribution is -0.149. The summed E-state index contributed by atoms with van der Waals surface area (Å²) in [5, 5.41) is 8.14. The summed E-state index contributed by atoms with van der Waals surface area (Å²) in [5.74, 6) is 2.31. The predicted molar refractivity (Wildman–Crippen MR) is 69.2 cm³/mol. The molecule has 4 rings (SSSR count). The van der Waals surface area contributed by atoms with Crippen LogP contribution in [0.25, 0.3) is 0 Å². The molecule has 2 saturated heterocycles. The fourth-order valence-electron chi connectivity index (χ4n) is 4.39. The standard InChI is InChI=1S/C14H23N3O/c1-9(2)17-12-5-10(3)6-14(17,7-12)8-13-16-15-11(4)18-13/h9-10,12H,5-8H2,1-4H3. The summed E-state index contributed by atoms with van der Waals surface area (Å²) < 4.78 is 5.59. The lowest BCUT2D eigenvalue weighted by Crippen LogP contribution is -2.72. The molecule has 0 amide bonds. The van der Waals surface area contributed by atoms with Crippen LogP contribution < -0.4 is 0 Å². The Bertz CT molecular complexity index is 442. The number of aryl methyl sites for hydroxylation is 1. The summed E-state index contributed by atoms with van der Waals surface area (Å²) in [5.41, 5.74) is 0.287. The number of hydrogen-bond acceptors (Lipinski definition) is 4. The van der Waals surface area contributed by atoms with Gasteiger partial charge in [-0.2, -0.15) is 0 Å². The first kappa shape index (κ1) is 12.2. The Morgan fingerprint density at radius 3 is 2.78 bits per heavy atom. The molecule has 100 valence electrons. The summed E-state index contributed by atoms with van der Waals surface area (Å²) >= 11 is 0. The van der Waals surface area contributed by atoms with Crippen LogP contribution in [0.15, 0.2) is 4.42 Å². The second-order valence-electron chi connectivity index (χ2n) is 6.52. The highest BCUT2D eigenvalue weighted by molar-refractivity contribution is 5.14. The van der Waals surface area contributed by atoms with E-state index in [0.717, 1.165) is 24.3 Å². The first-order valence-electron chi connectivity index (χ1n) is 7.07. The van der Waals surface area contributed by atoms with Gasteiger partial charge in [-0.1, -0.05) is 6.92 Å². The molecule has 1 aliphatic carbocycles. The topological polar surface area (TPSA) is 42.2 Å². The number of aromatic nitrogens is 2. The monoisotopic (exact) mass is 249 g/mol. The number of rotatable bonds is 3. The van der Waals surface area contributed by atoms with E-state index in [9.17, 15) is 0 Å². The van der Waals surface area contributed by atoms with Gasteiger partial charge in [-0.15, -0.1) is 10.2 Å².